The number of aryl methyl sites for hydroxylation is 2. The molecule has 6 heterocycles. The average molecular weight is 2040 g/mol. The van der Waals surface area contributed by atoms with Gasteiger partial charge in [-0.2, -0.15) is 13.2 Å². The van der Waals surface area contributed by atoms with E-state index in [-0.39, 0.29) is 70.5 Å². The minimum Gasteiger partial charge on any atom is -0.497 e. The Kier molecular flexibility index (Phi) is 38.1. The number of nitrogens with one attached hydrogen (secondary N) is 5. The number of hydrogen-bond acceptors (Lipinski definition) is 24. The first-order chi connectivity index (χ1) is 68.5. The van der Waals surface area contributed by atoms with E-state index < -0.39 is 36.5 Å². The minimum absolute atomic E-state index is 0.0672. The highest BCUT2D eigenvalue weighted by Gasteiger charge is 2.35. The number of fused-ring (bicyclic) bond motifs is 1. The van der Waals surface area contributed by atoms with E-state index in [0.29, 0.717) is 79.8 Å². The fraction of sp³-hybridized carbons (Fsp3) is 0.229. The minimum atomic E-state index is -4.75. The average Bonchev–Trinajstić information content (AvgIpc) is 1.72. The van der Waals surface area contributed by atoms with Gasteiger partial charge in [-0.1, -0.05) is 229 Å². The Morgan fingerprint density at radius 2 is 0.713 bits per heavy atom. The number of thiazole rings is 1. The molecule has 5 unspecified atom stereocenters. The molecule has 0 aliphatic rings. The highest BCUT2D eigenvalue weighted by molar-refractivity contribution is 7.16. The molecule has 10 aromatic carbocycles. The summed E-state index contributed by atoms with van der Waals surface area (Å²) in [5.74, 6) is 1.24. The molecule has 6 aromatic heterocycles. The van der Waals surface area contributed by atoms with Crippen molar-refractivity contribution in [3.63, 3.8) is 0 Å². The summed E-state index contributed by atoms with van der Waals surface area (Å²) in [5.41, 5.74) is 19.0. The Morgan fingerprint density at radius 1 is 0.371 bits per heavy atom. The van der Waals surface area contributed by atoms with E-state index in [1.165, 1.54) is 141 Å². The predicted octanol–water partition coefficient (Wildman–Crippen LogP) is 22.7. The molecule has 143 heavy (non-hydrogen) atoms. The molecule has 0 aliphatic carbocycles. The molecule has 5 atom stereocenters. The first-order valence-electron chi connectivity index (χ1n) is 44.6. The summed E-state index contributed by atoms with van der Waals surface area (Å²) in [5, 5.41) is 54.8. The van der Waals surface area contributed by atoms with Gasteiger partial charge in [0.15, 0.2) is 0 Å². The summed E-state index contributed by atoms with van der Waals surface area (Å²) < 4.78 is 126. The molecule has 5 amide bonds. The summed E-state index contributed by atoms with van der Waals surface area (Å²) in [7, 11) is 1.31. The van der Waals surface area contributed by atoms with Gasteiger partial charge in [-0.15, -0.1) is 84.9 Å². The molecule has 738 valence electrons. The second-order valence-corrected chi connectivity index (χ2v) is 37.3. The maximum atomic E-state index is 13.2. The van der Waals surface area contributed by atoms with Crippen LogP contribution >= 0.6 is 56.7 Å². The van der Waals surface area contributed by atoms with Gasteiger partial charge in [0.05, 0.1) is 53.3 Å². The highest BCUT2D eigenvalue weighted by Crippen LogP contribution is 2.41. The number of terminal acetylenes is 1. The fourth-order valence-corrected chi connectivity index (χ4v) is 19.0. The number of nitrogens with zero attached hydrogens (tertiary/aromatic N) is 10. The molecule has 0 fully saturated rings. The van der Waals surface area contributed by atoms with Gasteiger partial charge in [0.1, 0.15) is 62.3 Å². The molecular formula is C105H97F9N16O8S5. The van der Waals surface area contributed by atoms with Crippen LogP contribution in [0.2, 0.25) is 0 Å². The summed E-state index contributed by atoms with van der Waals surface area (Å²) in [4.78, 5) is 68.6. The van der Waals surface area contributed by atoms with E-state index in [2.05, 4.69) is 137 Å². The third kappa shape index (κ3) is 33.1. The number of ether oxygens (including phenoxy) is 3. The monoisotopic (exact) mass is 2040 g/mol. The van der Waals surface area contributed by atoms with Crippen LogP contribution in [0.1, 0.15) is 159 Å². The lowest BCUT2D eigenvalue weighted by molar-refractivity contribution is -0.275. The first-order valence-corrected chi connectivity index (χ1v) is 48.7. The van der Waals surface area contributed by atoms with Gasteiger partial charge in [0.2, 0.25) is 29.5 Å². The second-order valence-electron chi connectivity index (χ2n) is 32.2. The lowest BCUT2D eigenvalue weighted by atomic mass is 10.0. The number of rotatable bonds is 31. The van der Waals surface area contributed by atoms with Crippen LogP contribution in [0.4, 0.5) is 39.5 Å². The molecule has 0 radical (unpaired) electrons. The number of aromatic nitrogens is 10. The number of pyridine rings is 1. The maximum absolute atomic E-state index is 13.2. The normalized spacial score (nSPS) is 12.2. The molecular weight excluding hydrogens is 1940 g/mol. The zero-order valence-corrected chi connectivity index (χ0v) is 82.4. The topological polar surface area (TPSA) is 328 Å². The number of carbonyl (C=O) groups excluding carboxylic acids is 5. The van der Waals surface area contributed by atoms with Crippen molar-refractivity contribution in [3.8, 4) is 82.3 Å². The van der Waals surface area contributed by atoms with Gasteiger partial charge in [-0.3, -0.25) is 29.0 Å². The summed E-state index contributed by atoms with van der Waals surface area (Å²) in [6, 6.07) is 74.5. The summed E-state index contributed by atoms with van der Waals surface area (Å²) in [6.45, 7) is 12.0. The molecule has 24 nitrogen and oxygen atoms in total. The van der Waals surface area contributed by atoms with Crippen molar-refractivity contribution in [2.24, 2.45) is 5.73 Å². The number of hydrogen-bond donors (Lipinski definition) is 6. The predicted molar refractivity (Wildman–Crippen MR) is 537 cm³/mol. The van der Waals surface area contributed by atoms with Gasteiger partial charge < -0.3 is 46.5 Å². The van der Waals surface area contributed by atoms with Gasteiger partial charge in [0.25, 0.3) is 0 Å². The number of benzene rings is 10. The van der Waals surface area contributed by atoms with Crippen molar-refractivity contribution >= 4 is 97.1 Å². The number of para-hydroxylation sites is 1. The summed E-state index contributed by atoms with van der Waals surface area (Å²) in [6.07, 6.45) is -0.156. The van der Waals surface area contributed by atoms with Crippen LogP contribution in [0, 0.1) is 12.3 Å². The van der Waals surface area contributed by atoms with Crippen LogP contribution < -0.4 is 46.5 Å². The molecule has 38 heteroatoms. The Morgan fingerprint density at radius 3 is 1.08 bits per heavy atom. The largest absolute Gasteiger partial charge is 0.573 e. The van der Waals surface area contributed by atoms with Crippen molar-refractivity contribution < 1.29 is 77.7 Å². The van der Waals surface area contributed by atoms with Crippen molar-refractivity contribution in [2.45, 2.75) is 149 Å². The molecule has 0 saturated carbocycles. The number of nitrogens with two attached hydrogens (primary N) is 1. The molecule has 0 bridgehead atoms. The Bertz CT molecular complexity index is 6910. The lowest BCUT2D eigenvalue weighted by Crippen LogP contribution is -2.27. The fourth-order valence-electron chi connectivity index (χ4n) is 14.4. The van der Waals surface area contributed by atoms with E-state index in [1.807, 2.05) is 170 Å². The second kappa shape index (κ2) is 51.0. The van der Waals surface area contributed by atoms with Crippen LogP contribution in [0.15, 0.2) is 267 Å². The van der Waals surface area contributed by atoms with Crippen molar-refractivity contribution in [1.29, 1.82) is 0 Å². The van der Waals surface area contributed by atoms with Crippen LogP contribution in [0.5, 0.6) is 17.2 Å². The van der Waals surface area contributed by atoms with Crippen molar-refractivity contribution in [1.82, 2.24) is 77.3 Å². The Labute approximate surface area is 838 Å². The molecule has 16 rings (SSSR count). The zero-order chi connectivity index (χ0) is 102. The van der Waals surface area contributed by atoms with Gasteiger partial charge in [-0.25, -0.2) is 4.98 Å². The van der Waals surface area contributed by atoms with Crippen LogP contribution in [-0.2, 0) is 81.6 Å². The summed E-state index contributed by atoms with van der Waals surface area (Å²) >= 11 is 6.80. The van der Waals surface area contributed by atoms with Crippen molar-refractivity contribution in [3.05, 3.63) is 348 Å². The quantitative estimate of drug-likeness (QED) is 0.0174. The number of amides is 5. The first kappa shape index (κ1) is 107. The van der Waals surface area contributed by atoms with E-state index in [1.54, 1.807) is 11.3 Å². The number of halogens is 9. The maximum Gasteiger partial charge on any atom is 0.573 e. The third-order valence-electron chi connectivity index (χ3n) is 21.3. The molecule has 0 spiro atoms. The van der Waals surface area contributed by atoms with E-state index in [4.69, 9.17) is 16.9 Å². The van der Waals surface area contributed by atoms with E-state index in [9.17, 15) is 63.5 Å². The zero-order valence-electron chi connectivity index (χ0n) is 78.3. The van der Waals surface area contributed by atoms with E-state index >= 15 is 0 Å². The standard InChI is InChI=1S/C23H22N4OS.C22H22F3N3O2S.C21H20F3N3O2S.C21H16F3N3O2S.C18H17N3OS/c1-15(28)27-21(12-16-6-8-17(13-24)9-7-16)23-26-14-22(29-23)19-10-11-25-20-5-3-2-4-18(19)20;1-4-14-5-7-15(8-6-14)9-19(26-13(2)29)21-28-27-20(31-21)16-10-17(22(23,24)25)12-18(11-16)30-3;2*1-3-14-4-6-15(7-5-14)12-18(25-13(2)28)20-27-26-19(30-20)16-8-10-17(11-9-16)29-21(22,23)24;1-13(22)19-16(12-14-8-4-2-5-9-14)18-21-20-17(23-18)15-10-6-3-7-11-15/h2-11,14,21H,12-13,24H2,1H3,(H,27,28);5-8,10-12,19H,4,9H2,1-3H3,(H,26,29);4-11,18H,3,12H2,1-2H3,(H,25,28);1,4-11,18H,12H2,2H3,(H,25,28);2-11,16H,12H2,1H3,(H,19,22). The highest BCUT2D eigenvalue weighted by atomic mass is 32.1. The SMILES string of the molecule is C#Cc1ccc(CC(NC(C)=O)c2nnc(-c3ccc(OC(F)(F)F)cc3)s2)cc1.CC(=O)NC(Cc1ccc(CN)cc1)c1ncc(-c2ccnc3ccccc23)s1.CC(=O)NC(Cc1ccccc1)c1nnc(-c2ccccc2)s1.CCc1ccc(CC(NC(C)=O)c2nnc(-c3cc(OC)cc(C(F)(F)F)c3)s2)cc1.CCc1ccc(CC(NC(C)=O)c2nnc(-c3ccc(OC(F)(F)F)cc3)s2)cc1. The van der Waals surface area contributed by atoms with Gasteiger partial charge >= 0.3 is 18.9 Å². The van der Waals surface area contributed by atoms with Crippen LogP contribution in [-0.4, -0.2) is 100 Å². The smallest absolute Gasteiger partial charge is 0.497 e. The third-order valence-corrected chi connectivity index (χ3v) is 26.8. The van der Waals surface area contributed by atoms with E-state index in [0.717, 1.165) is 117 Å². The number of methoxy groups -OCH3 is 1. The Hall–Kier alpha value is -14.9. The number of alkyl halides is 9. The van der Waals surface area contributed by atoms with Crippen molar-refractivity contribution in [2.75, 3.05) is 7.11 Å². The molecule has 0 saturated heterocycles. The molecule has 16 aromatic rings. The van der Waals surface area contributed by atoms with Gasteiger partial charge in [0, 0.05) is 92.3 Å². The van der Waals surface area contributed by atoms with Crippen LogP contribution in [0.25, 0.3) is 63.6 Å². The molecule has 0 aliphatic heterocycles. The number of carbonyl (C=O) groups is 5. The van der Waals surface area contributed by atoms with Crippen LogP contribution in [0.3, 0.4) is 0 Å². The molecule has 7 N–H and O–H groups in total. The van der Waals surface area contributed by atoms with Gasteiger partial charge in [-0.05, 0) is 180 Å². The Balaban J connectivity index is 0.000000160. The lowest BCUT2D eigenvalue weighted by Gasteiger charge is -2.16.